The van der Waals surface area contributed by atoms with Gasteiger partial charge in [-0.05, 0) is 36.5 Å². The Kier molecular flexibility index (Phi) is 1.27. The van der Waals surface area contributed by atoms with E-state index < -0.39 is 0 Å². The Hall–Kier alpha value is -0.590. The van der Waals surface area contributed by atoms with Gasteiger partial charge in [-0.25, -0.2) is 0 Å². The topological polar surface area (TPSA) is 17.1 Å². The van der Waals surface area contributed by atoms with Crippen molar-refractivity contribution in [3.05, 3.63) is 12.2 Å². The molecule has 0 aliphatic heterocycles. The predicted octanol–water partition coefficient (Wildman–Crippen LogP) is 2.18. The van der Waals surface area contributed by atoms with Crippen LogP contribution in [0.5, 0.6) is 0 Å². The highest BCUT2D eigenvalue weighted by atomic mass is 16.1. The van der Waals surface area contributed by atoms with Crippen LogP contribution in [0.15, 0.2) is 12.2 Å². The third kappa shape index (κ3) is 0.769. The van der Waals surface area contributed by atoms with Crippen molar-refractivity contribution in [2.24, 2.45) is 23.7 Å². The van der Waals surface area contributed by atoms with Gasteiger partial charge in [-0.1, -0.05) is 12.2 Å². The number of hydrogen-bond donors (Lipinski definition) is 0. The van der Waals surface area contributed by atoms with E-state index in [1.807, 2.05) is 0 Å². The van der Waals surface area contributed by atoms with Gasteiger partial charge >= 0.3 is 0 Å². The summed E-state index contributed by atoms with van der Waals surface area (Å²) in [6, 6.07) is 0. The SMILES string of the molecule is O=C1C[C@@H]2C[C@@H]3C=CC[C@@H]3[C@@H]2C1. The molecule has 3 aliphatic carbocycles. The lowest BCUT2D eigenvalue weighted by Gasteiger charge is -2.15. The molecule has 0 unspecified atom stereocenters. The Morgan fingerprint density at radius 1 is 1.25 bits per heavy atom. The maximum Gasteiger partial charge on any atom is 0.133 e. The number of carbonyl (C=O) groups is 1. The van der Waals surface area contributed by atoms with Crippen molar-refractivity contribution in [3.8, 4) is 0 Å². The zero-order chi connectivity index (χ0) is 8.13. The molecule has 0 radical (unpaired) electrons. The van der Waals surface area contributed by atoms with Gasteiger partial charge < -0.3 is 0 Å². The zero-order valence-corrected chi connectivity index (χ0v) is 7.20. The van der Waals surface area contributed by atoms with Gasteiger partial charge in [0.05, 0.1) is 0 Å². The largest absolute Gasteiger partial charge is 0.300 e. The summed E-state index contributed by atoms with van der Waals surface area (Å²) in [6.45, 7) is 0. The highest BCUT2D eigenvalue weighted by Gasteiger charge is 2.47. The van der Waals surface area contributed by atoms with Crippen molar-refractivity contribution in [2.45, 2.75) is 25.7 Å². The smallest absolute Gasteiger partial charge is 0.133 e. The maximum atomic E-state index is 11.2. The van der Waals surface area contributed by atoms with Crippen molar-refractivity contribution in [1.82, 2.24) is 0 Å². The lowest BCUT2D eigenvalue weighted by atomic mass is 9.89. The van der Waals surface area contributed by atoms with Crippen molar-refractivity contribution >= 4 is 5.78 Å². The lowest BCUT2D eigenvalue weighted by molar-refractivity contribution is -0.118. The molecule has 0 saturated heterocycles. The molecule has 3 rings (SSSR count). The Morgan fingerprint density at radius 2 is 2.17 bits per heavy atom. The second-order valence-electron chi connectivity index (χ2n) is 4.60. The predicted molar refractivity (Wildman–Crippen MR) is 46.6 cm³/mol. The quantitative estimate of drug-likeness (QED) is 0.499. The fraction of sp³-hybridized carbons (Fsp3) is 0.727. The van der Waals surface area contributed by atoms with Crippen LogP contribution in [0.4, 0.5) is 0 Å². The van der Waals surface area contributed by atoms with Gasteiger partial charge in [0.2, 0.25) is 0 Å². The number of rotatable bonds is 0. The number of ketones is 1. The fourth-order valence-electron chi connectivity index (χ4n) is 3.54. The van der Waals surface area contributed by atoms with Crippen LogP contribution in [-0.2, 0) is 4.79 Å². The molecule has 2 fully saturated rings. The zero-order valence-electron chi connectivity index (χ0n) is 7.20. The maximum absolute atomic E-state index is 11.2. The van der Waals surface area contributed by atoms with Gasteiger partial charge in [-0.2, -0.15) is 0 Å². The molecule has 0 bridgehead atoms. The molecule has 0 aromatic rings. The standard InChI is InChI=1S/C11H14O/c12-9-5-8-4-7-2-1-3-10(7)11(8)6-9/h1-2,7-8,10-11H,3-6H2/t7-,8-,10-,11+/m0/s1. The Morgan fingerprint density at radius 3 is 3.08 bits per heavy atom. The van der Waals surface area contributed by atoms with Crippen LogP contribution in [0.25, 0.3) is 0 Å². The molecule has 0 heterocycles. The minimum atomic E-state index is 0.523. The summed E-state index contributed by atoms with van der Waals surface area (Å²) in [5, 5.41) is 0. The van der Waals surface area contributed by atoms with Crippen LogP contribution < -0.4 is 0 Å². The first-order valence-electron chi connectivity index (χ1n) is 5.03. The van der Waals surface area contributed by atoms with E-state index in [9.17, 15) is 4.79 Å². The van der Waals surface area contributed by atoms with E-state index in [0.717, 1.165) is 36.5 Å². The van der Waals surface area contributed by atoms with E-state index in [-0.39, 0.29) is 0 Å². The van der Waals surface area contributed by atoms with Gasteiger partial charge in [-0.3, -0.25) is 4.79 Å². The van der Waals surface area contributed by atoms with Crippen LogP contribution in [0.1, 0.15) is 25.7 Å². The summed E-state index contributed by atoms with van der Waals surface area (Å²) < 4.78 is 0. The van der Waals surface area contributed by atoms with Gasteiger partial charge in [0.25, 0.3) is 0 Å². The third-order valence-corrected chi connectivity index (χ3v) is 4.03. The summed E-state index contributed by atoms with van der Waals surface area (Å²) in [4.78, 5) is 11.2. The summed E-state index contributed by atoms with van der Waals surface area (Å²) in [7, 11) is 0. The highest BCUT2D eigenvalue weighted by molar-refractivity contribution is 5.81. The molecule has 0 aromatic heterocycles. The van der Waals surface area contributed by atoms with E-state index in [1.165, 1.54) is 12.8 Å². The molecule has 1 heteroatoms. The summed E-state index contributed by atoms with van der Waals surface area (Å²) in [5.41, 5.74) is 0. The molecule has 3 aliphatic rings. The monoisotopic (exact) mass is 162 g/mol. The number of fused-ring (bicyclic) bond motifs is 3. The molecule has 0 spiro atoms. The molecule has 12 heavy (non-hydrogen) atoms. The second kappa shape index (κ2) is 2.21. The number of Topliss-reactive ketones (excluding diaryl/α,β-unsaturated/α-hetero) is 1. The van der Waals surface area contributed by atoms with E-state index in [1.54, 1.807) is 0 Å². The normalized spacial score (nSPS) is 49.8. The van der Waals surface area contributed by atoms with E-state index in [4.69, 9.17) is 0 Å². The van der Waals surface area contributed by atoms with Crippen molar-refractivity contribution in [2.75, 3.05) is 0 Å². The first kappa shape index (κ1) is 6.88. The third-order valence-electron chi connectivity index (χ3n) is 4.03. The summed E-state index contributed by atoms with van der Waals surface area (Å²) in [5.74, 6) is 3.74. The minimum absolute atomic E-state index is 0.523. The fourth-order valence-corrected chi connectivity index (χ4v) is 3.54. The molecule has 2 saturated carbocycles. The number of allylic oxidation sites excluding steroid dienone is 2. The van der Waals surface area contributed by atoms with Gasteiger partial charge in [0.15, 0.2) is 0 Å². The van der Waals surface area contributed by atoms with Crippen LogP contribution in [0, 0.1) is 23.7 Å². The minimum Gasteiger partial charge on any atom is -0.300 e. The summed E-state index contributed by atoms with van der Waals surface area (Å²) >= 11 is 0. The van der Waals surface area contributed by atoms with E-state index >= 15 is 0 Å². The van der Waals surface area contributed by atoms with Crippen LogP contribution in [0.3, 0.4) is 0 Å². The Balaban J connectivity index is 1.87. The van der Waals surface area contributed by atoms with Crippen LogP contribution >= 0.6 is 0 Å². The lowest BCUT2D eigenvalue weighted by Crippen LogP contribution is -2.10. The van der Waals surface area contributed by atoms with Crippen LogP contribution in [-0.4, -0.2) is 5.78 Å². The molecule has 64 valence electrons. The van der Waals surface area contributed by atoms with Gasteiger partial charge in [-0.15, -0.1) is 0 Å². The average Bonchev–Trinajstić information content (AvgIpc) is 2.59. The van der Waals surface area contributed by atoms with Crippen LogP contribution in [0.2, 0.25) is 0 Å². The molecule has 0 amide bonds. The van der Waals surface area contributed by atoms with E-state index in [2.05, 4.69) is 12.2 Å². The number of hydrogen-bond acceptors (Lipinski definition) is 1. The Labute approximate surface area is 72.8 Å². The van der Waals surface area contributed by atoms with Crippen molar-refractivity contribution < 1.29 is 4.79 Å². The molecule has 0 N–H and O–H groups in total. The average molecular weight is 162 g/mol. The molecular formula is C11H14O. The second-order valence-corrected chi connectivity index (χ2v) is 4.60. The van der Waals surface area contributed by atoms with Crippen molar-refractivity contribution in [1.29, 1.82) is 0 Å². The first-order valence-corrected chi connectivity index (χ1v) is 5.03. The van der Waals surface area contributed by atoms with Gasteiger partial charge in [0, 0.05) is 12.8 Å². The summed E-state index contributed by atoms with van der Waals surface area (Å²) in [6.07, 6.45) is 9.04. The highest BCUT2D eigenvalue weighted by Crippen LogP contribution is 2.53. The molecule has 4 atom stereocenters. The van der Waals surface area contributed by atoms with E-state index in [0.29, 0.717) is 5.78 Å². The number of carbonyl (C=O) groups excluding carboxylic acids is 1. The first-order chi connectivity index (χ1) is 5.84. The molecule has 0 aromatic carbocycles. The van der Waals surface area contributed by atoms with Gasteiger partial charge in [0.1, 0.15) is 5.78 Å². The molecular weight excluding hydrogens is 148 g/mol. The Bertz CT molecular complexity index is 254. The molecule has 1 nitrogen and oxygen atoms in total. The van der Waals surface area contributed by atoms with Crippen molar-refractivity contribution in [3.63, 3.8) is 0 Å².